The third-order valence-electron chi connectivity index (χ3n) is 3.02. The summed E-state index contributed by atoms with van der Waals surface area (Å²) in [7, 11) is -3.54. The first-order valence-corrected chi connectivity index (χ1v) is 7.11. The molecule has 0 saturated carbocycles. The van der Waals surface area contributed by atoms with Crippen LogP contribution in [0.3, 0.4) is 0 Å². The molecule has 1 saturated heterocycles. The number of nitrogens with zero attached hydrogens (tertiary/aromatic N) is 3. The summed E-state index contributed by atoms with van der Waals surface area (Å²) in [5.41, 5.74) is 0. The summed E-state index contributed by atoms with van der Waals surface area (Å²) in [4.78, 5) is 4.07. The van der Waals surface area contributed by atoms with Crippen LogP contribution in [0.1, 0.15) is 19.2 Å². The van der Waals surface area contributed by atoms with Crippen LogP contribution in [0.4, 0.5) is 0 Å². The van der Waals surface area contributed by atoms with Crippen molar-refractivity contribution in [3.05, 3.63) is 12.0 Å². The molecule has 2 rings (SSSR count). The number of imidazole rings is 1. The first-order chi connectivity index (χ1) is 7.95. The Bertz CT molecular complexity index is 509. The lowest BCUT2D eigenvalue weighted by atomic mass is 10.3. The molecule has 7 heteroatoms. The minimum atomic E-state index is -3.54. The standard InChI is InChI=1S/C10H17N3O3S/c1-3-12-7-10(11-8(12)2)17(15,16)13-5-4-9(14)6-13/h7,9,14H,3-6H2,1-2H3/t9-/m1/s1. The number of aliphatic hydroxyl groups is 1. The van der Waals surface area contributed by atoms with Crippen LogP contribution in [0, 0.1) is 6.92 Å². The zero-order valence-electron chi connectivity index (χ0n) is 10.00. The molecule has 1 fully saturated rings. The molecular formula is C10H17N3O3S. The number of hydrogen-bond acceptors (Lipinski definition) is 4. The molecule has 0 bridgehead atoms. The second kappa shape index (κ2) is 4.40. The number of hydrogen-bond donors (Lipinski definition) is 1. The Morgan fingerprint density at radius 1 is 1.59 bits per heavy atom. The van der Waals surface area contributed by atoms with Gasteiger partial charge in [0.2, 0.25) is 0 Å². The van der Waals surface area contributed by atoms with Crippen LogP contribution in [-0.4, -0.2) is 46.6 Å². The normalized spacial score (nSPS) is 22.2. The Morgan fingerprint density at radius 3 is 2.76 bits per heavy atom. The predicted molar refractivity (Wildman–Crippen MR) is 62.0 cm³/mol. The van der Waals surface area contributed by atoms with E-state index in [-0.39, 0.29) is 11.6 Å². The molecule has 1 aromatic rings. The zero-order chi connectivity index (χ0) is 12.6. The monoisotopic (exact) mass is 259 g/mol. The summed E-state index contributed by atoms with van der Waals surface area (Å²) >= 11 is 0. The average Bonchev–Trinajstić information content (AvgIpc) is 2.85. The molecule has 1 atom stereocenters. The van der Waals surface area contributed by atoms with Crippen molar-refractivity contribution >= 4 is 10.0 Å². The largest absolute Gasteiger partial charge is 0.392 e. The average molecular weight is 259 g/mol. The van der Waals surface area contributed by atoms with E-state index in [0.29, 0.717) is 25.3 Å². The minimum Gasteiger partial charge on any atom is -0.392 e. The van der Waals surface area contributed by atoms with Crippen LogP contribution in [0.15, 0.2) is 11.2 Å². The highest BCUT2D eigenvalue weighted by molar-refractivity contribution is 7.89. The third-order valence-corrected chi connectivity index (χ3v) is 4.76. The van der Waals surface area contributed by atoms with E-state index in [1.807, 2.05) is 6.92 Å². The molecule has 17 heavy (non-hydrogen) atoms. The summed E-state index contributed by atoms with van der Waals surface area (Å²) in [6.07, 6.45) is 1.49. The highest BCUT2D eigenvalue weighted by atomic mass is 32.2. The van der Waals surface area contributed by atoms with Crippen molar-refractivity contribution in [3.8, 4) is 0 Å². The molecule has 1 aliphatic rings. The third kappa shape index (κ3) is 2.22. The first kappa shape index (κ1) is 12.5. The van der Waals surface area contributed by atoms with Crippen molar-refractivity contribution < 1.29 is 13.5 Å². The summed E-state index contributed by atoms with van der Waals surface area (Å²) in [6.45, 7) is 4.94. The maximum Gasteiger partial charge on any atom is 0.262 e. The lowest BCUT2D eigenvalue weighted by Crippen LogP contribution is -2.30. The minimum absolute atomic E-state index is 0.0750. The molecule has 6 nitrogen and oxygen atoms in total. The smallest absolute Gasteiger partial charge is 0.262 e. The van der Waals surface area contributed by atoms with Crippen LogP contribution in [0.2, 0.25) is 0 Å². The van der Waals surface area contributed by atoms with Gasteiger partial charge in [0.1, 0.15) is 5.82 Å². The molecule has 1 aliphatic heterocycles. The van der Waals surface area contributed by atoms with Crippen LogP contribution in [0.5, 0.6) is 0 Å². The molecule has 0 aromatic carbocycles. The van der Waals surface area contributed by atoms with E-state index >= 15 is 0 Å². The lowest BCUT2D eigenvalue weighted by Gasteiger charge is -2.13. The number of aryl methyl sites for hydroxylation is 2. The summed E-state index contributed by atoms with van der Waals surface area (Å²) in [6, 6.07) is 0. The molecule has 0 unspecified atom stereocenters. The first-order valence-electron chi connectivity index (χ1n) is 5.67. The van der Waals surface area contributed by atoms with Crippen LogP contribution >= 0.6 is 0 Å². The fourth-order valence-corrected chi connectivity index (χ4v) is 3.47. The molecule has 0 aliphatic carbocycles. The number of aliphatic hydroxyl groups excluding tert-OH is 1. The molecule has 0 amide bonds. The Morgan fingerprint density at radius 2 is 2.29 bits per heavy atom. The number of rotatable bonds is 3. The van der Waals surface area contributed by atoms with Crippen molar-refractivity contribution in [2.24, 2.45) is 0 Å². The maximum absolute atomic E-state index is 12.2. The quantitative estimate of drug-likeness (QED) is 0.827. The van der Waals surface area contributed by atoms with Crippen molar-refractivity contribution in [2.75, 3.05) is 13.1 Å². The molecule has 1 N–H and O–H groups in total. The van der Waals surface area contributed by atoms with Gasteiger partial charge in [-0.15, -0.1) is 0 Å². The van der Waals surface area contributed by atoms with Crippen molar-refractivity contribution in [1.82, 2.24) is 13.9 Å². The highest BCUT2D eigenvalue weighted by Crippen LogP contribution is 2.20. The van der Waals surface area contributed by atoms with Gasteiger partial charge in [-0.05, 0) is 20.3 Å². The van der Waals surface area contributed by atoms with Gasteiger partial charge in [-0.25, -0.2) is 13.4 Å². The SMILES string of the molecule is CCn1cc(S(=O)(=O)N2CC[C@@H](O)C2)nc1C. The molecule has 1 aromatic heterocycles. The molecule has 96 valence electrons. The van der Waals surface area contributed by atoms with E-state index in [1.54, 1.807) is 17.7 Å². The van der Waals surface area contributed by atoms with E-state index in [9.17, 15) is 13.5 Å². The van der Waals surface area contributed by atoms with E-state index in [1.165, 1.54) is 4.31 Å². The van der Waals surface area contributed by atoms with Gasteiger partial charge >= 0.3 is 0 Å². The predicted octanol–water partition coefficient (Wildman–Crippen LogP) is -0.0333. The van der Waals surface area contributed by atoms with Gasteiger partial charge in [0.25, 0.3) is 10.0 Å². The molecular weight excluding hydrogens is 242 g/mol. The van der Waals surface area contributed by atoms with Gasteiger partial charge in [-0.1, -0.05) is 0 Å². The molecule has 0 spiro atoms. The van der Waals surface area contributed by atoms with Gasteiger partial charge in [-0.3, -0.25) is 0 Å². The summed E-state index contributed by atoms with van der Waals surface area (Å²) in [5.74, 6) is 0.686. The fraction of sp³-hybridized carbons (Fsp3) is 0.700. The second-order valence-electron chi connectivity index (χ2n) is 4.22. The lowest BCUT2D eigenvalue weighted by molar-refractivity contribution is 0.189. The zero-order valence-corrected chi connectivity index (χ0v) is 10.8. The van der Waals surface area contributed by atoms with Gasteiger partial charge in [-0.2, -0.15) is 4.31 Å². The van der Waals surface area contributed by atoms with E-state index in [2.05, 4.69) is 4.98 Å². The van der Waals surface area contributed by atoms with E-state index in [0.717, 1.165) is 0 Å². The Kier molecular flexibility index (Phi) is 3.24. The van der Waals surface area contributed by atoms with E-state index in [4.69, 9.17) is 0 Å². The Balaban J connectivity index is 2.31. The van der Waals surface area contributed by atoms with Gasteiger partial charge in [0, 0.05) is 25.8 Å². The van der Waals surface area contributed by atoms with Crippen LogP contribution in [-0.2, 0) is 16.6 Å². The Hall–Kier alpha value is -0.920. The van der Waals surface area contributed by atoms with Crippen LogP contribution in [0.25, 0.3) is 0 Å². The second-order valence-corrected chi connectivity index (χ2v) is 6.10. The summed E-state index contributed by atoms with van der Waals surface area (Å²) < 4.78 is 27.5. The number of β-amino-alcohol motifs (C(OH)–C–C–N with tert-alkyl or cyclic N) is 1. The maximum atomic E-state index is 12.2. The topological polar surface area (TPSA) is 75.4 Å². The number of aromatic nitrogens is 2. The van der Waals surface area contributed by atoms with Gasteiger partial charge in [0.15, 0.2) is 5.03 Å². The van der Waals surface area contributed by atoms with Crippen molar-refractivity contribution in [3.63, 3.8) is 0 Å². The summed E-state index contributed by atoms with van der Waals surface area (Å²) in [5, 5.41) is 9.46. The number of sulfonamides is 1. The molecule has 2 heterocycles. The van der Waals surface area contributed by atoms with Gasteiger partial charge < -0.3 is 9.67 Å². The van der Waals surface area contributed by atoms with Gasteiger partial charge in [0.05, 0.1) is 6.10 Å². The Labute approximate surface area is 101 Å². The van der Waals surface area contributed by atoms with Crippen LogP contribution < -0.4 is 0 Å². The van der Waals surface area contributed by atoms with Crippen molar-refractivity contribution in [1.29, 1.82) is 0 Å². The van der Waals surface area contributed by atoms with Crippen molar-refractivity contribution in [2.45, 2.75) is 37.9 Å². The molecule has 0 radical (unpaired) electrons. The highest BCUT2D eigenvalue weighted by Gasteiger charge is 2.33. The van der Waals surface area contributed by atoms with E-state index < -0.39 is 16.1 Å². The fourth-order valence-electron chi connectivity index (χ4n) is 1.98.